The van der Waals surface area contributed by atoms with Crippen molar-refractivity contribution in [3.63, 3.8) is 0 Å². The van der Waals surface area contributed by atoms with E-state index < -0.39 is 0 Å². The van der Waals surface area contributed by atoms with E-state index in [4.69, 9.17) is 4.74 Å². The summed E-state index contributed by atoms with van der Waals surface area (Å²) in [5.41, 5.74) is 3.67. The summed E-state index contributed by atoms with van der Waals surface area (Å²) in [7, 11) is 0. The second-order valence-corrected chi connectivity index (χ2v) is 6.41. The fraction of sp³-hybridized carbons (Fsp3) is 0.217. The third-order valence-corrected chi connectivity index (χ3v) is 4.54. The first-order valence-corrected chi connectivity index (χ1v) is 9.43. The Bertz CT molecular complexity index is 916. The van der Waals surface area contributed by atoms with Gasteiger partial charge in [-0.3, -0.25) is 9.78 Å². The maximum atomic E-state index is 12.0. The van der Waals surface area contributed by atoms with Crippen LogP contribution in [0.15, 0.2) is 83.3 Å². The molecule has 142 valence electrons. The summed E-state index contributed by atoms with van der Waals surface area (Å²) in [6.45, 7) is 3.98. The summed E-state index contributed by atoms with van der Waals surface area (Å²) >= 11 is 0. The summed E-state index contributed by atoms with van der Waals surface area (Å²) in [5, 5.41) is 8.50. The van der Waals surface area contributed by atoms with Crippen LogP contribution >= 0.6 is 0 Å². The van der Waals surface area contributed by atoms with Crippen molar-refractivity contribution in [2.45, 2.75) is 26.7 Å². The average Bonchev–Trinajstić information content (AvgIpc) is 2.75. The molecule has 5 nitrogen and oxygen atoms in total. The summed E-state index contributed by atoms with van der Waals surface area (Å²) in [4.78, 5) is 16.1. The number of hydrogen-bond donors (Lipinski definition) is 0. The number of hydrogen-bond acceptors (Lipinski definition) is 5. The van der Waals surface area contributed by atoms with Crippen LogP contribution < -0.4 is 4.74 Å². The molecule has 0 atom stereocenters. The lowest BCUT2D eigenvalue weighted by Crippen LogP contribution is -2.19. The van der Waals surface area contributed by atoms with Gasteiger partial charge in [-0.1, -0.05) is 26.0 Å². The normalized spacial score (nSPS) is 11.1. The average molecular weight is 373 g/mol. The maximum Gasteiger partial charge on any atom is 0.314 e. The smallest absolute Gasteiger partial charge is 0.314 e. The Morgan fingerprint density at radius 2 is 1.32 bits per heavy atom. The number of aromatic nitrogens is 1. The summed E-state index contributed by atoms with van der Waals surface area (Å²) < 4.78 is 5.42. The second kappa shape index (κ2) is 9.55. The Kier molecular flexibility index (Phi) is 6.63. The molecule has 0 fully saturated rings. The first kappa shape index (κ1) is 19.4. The van der Waals surface area contributed by atoms with E-state index in [9.17, 15) is 4.79 Å². The van der Waals surface area contributed by atoms with Gasteiger partial charge in [-0.15, -0.1) is 0 Å². The van der Waals surface area contributed by atoms with Gasteiger partial charge in [-0.25, -0.2) is 0 Å². The topological polar surface area (TPSA) is 63.9 Å². The minimum Gasteiger partial charge on any atom is -0.426 e. The number of carbonyl (C=O) groups is 1. The first-order valence-electron chi connectivity index (χ1n) is 9.43. The third kappa shape index (κ3) is 5.10. The molecule has 0 aliphatic rings. The van der Waals surface area contributed by atoms with Crippen molar-refractivity contribution >= 4 is 17.3 Å². The van der Waals surface area contributed by atoms with Gasteiger partial charge in [0.1, 0.15) is 5.75 Å². The molecule has 0 radical (unpaired) electrons. The zero-order valence-corrected chi connectivity index (χ0v) is 16.1. The number of pyridine rings is 1. The molecule has 0 spiro atoms. The van der Waals surface area contributed by atoms with Crippen molar-refractivity contribution in [1.29, 1.82) is 0 Å². The van der Waals surface area contributed by atoms with E-state index >= 15 is 0 Å². The SMILES string of the molecule is CCC(CC)C(=O)Oc1ccc(N=Nc2ccc(-c3ccncc3)cc2)cc1. The summed E-state index contributed by atoms with van der Waals surface area (Å²) in [6, 6.07) is 18.8. The number of ether oxygens (including phenoxy) is 1. The Balaban J connectivity index is 1.62. The van der Waals surface area contributed by atoms with Crippen molar-refractivity contribution in [3.05, 3.63) is 73.1 Å². The highest BCUT2D eigenvalue weighted by atomic mass is 16.5. The lowest BCUT2D eigenvalue weighted by Gasteiger charge is -2.11. The largest absolute Gasteiger partial charge is 0.426 e. The summed E-state index contributed by atoms with van der Waals surface area (Å²) in [6.07, 6.45) is 5.10. The van der Waals surface area contributed by atoms with Gasteiger partial charge in [-0.2, -0.15) is 10.2 Å². The molecule has 3 rings (SSSR count). The number of carbonyl (C=O) groups excluding carboxylic acids is 1. The van der Waals surface area contributed by atoms with Gasteiger partial charge in [0.05, 0.1) is 17.3 Å². The van der Waals surface area contributed by atoms with Gasteiger partial charge in [0.2, 0.25) is 0 Å². The fourth-order valence-corrected chi connectivity index (χ4v) is 2.78. The van der Waals surface area contributed by atoms with E-state index in [0.29, 0.717) is 11.4 Å². The Morgan fingerprint density at radius 3 is 1.86 bits per heavy atom. The van der Waals surface area contributed by atoms with Gasteiger partial charge < -0.3 is 4.74 Å². The van der Waals surface area contributed by atoms with Crippen LogP contribution in [0.4, 0.5) is 11.4 Å². The van der Waals surface area contributed by atoms with Gasteiger partial charge in [0.25, 0.3) is 0 Å². The molecule has 0 unspecified atom stereocenters. The van der Waals surface area contributed by atoms with Crippen molar-refractivity contribution in [1.82, 2.24) is 4.98 Å². The van der Waals surface area contributed by atoms with Crippen LogP contribution in [-0.2, 0) is 4.79 Å². The minimum absolute atomic E-state index is 0.0607. The highest BCUT2D eigenvalue weighted by Crippen LogP contribution is 2.25. The van der Waals surface area contributed by atoms with Crippen molar-refractivity contribution in [2.24, 2.45) is 16.1 Å². The van der Waals surface area contributed by atoms with E-state index in [1.165, 1.54) is 0 Å². The number of benzene rings is 2. The molecule has 0 N–H and O–H groups in total. The number of nitrogens with zero attached hydrogens (tertiary/aromatic N) is 3. The van der Waals surface area contributed by atoms with Crippen molar-refractivity contribution in [3.8, 4) is 16.9 Å². The van der Waals surface area contributed by atoms with Crippen LogP contribution in [-0.4, -0.2) is 11.0 Å². The van der Waals surface area contributed by atoms with E-state index in [0.717, 1.165) is 29.7 Å². The van der Waals surface area contributed by atoms with Crippen LogP contribution in [0.1, 0.15) is 26.7 Å². The number of esters is 1. The third-order valence-electron chi connectivity index (χ3n) is 4.54. The standard InChI is InChI=1S/C23H23N3O2/c1-3-17(4-2)23(27)28-22-11-9-21(10-12-22)26-25-20-7-5-18(6-8-20)19-13-15-24-16-14-19/h5-17H,3-4H2,1-2H3. The van der Waals surface area contributed by atoms with Crippen molar-refractivity contribution in [2.75, 3.05) is 0 Å². The predicted octanol–water partition coefficient (Wildman–Crippen LogP) is 6.51. The van der Waals surface area contributed by atoms with Crippen LogP contribution in [0, 0.1) is 5.92 Å². The maximum absolute atomic E-state index is 12.0. The molecule has 0 bridgehead atoms. The van der Waals surface area contributed by atoms with E-state index in [-0.39, 0.29) is 11.9 Å². The molecule has 0 aliphatic heterocycles. The first-order chi connectivity index (χ1) is 13.7. The van der Waals surface area contributed by atoms with Crippen LogP contribution in [0.5, 0.6) is 5.75 Å². The second-order valence-electron chi connectivity index (χ2n) is 6.41. The van der Waals surface area contributed by atoms with Crippen LogP contribution in [0.25, 0.3) is 11.1 Å². The van der Waals surface area contributed by atoms with Gasteiger partial charge >= 0.3 is 5.97 Å². The molecule has 0 aliphatic carbocycles. The van der Waals surface area contributed by atoms with E-state index in [1.807, 2.05) is 50.2 Å². The molecule has 2 aromatic carbocycles. The molecule has 28 heavy (non-hydrogen) atoms. The Hall–Kier alpha value is -3.34. The highest BCUT2D eigenvalue weighted by Gasteiger charge is 2.16. The molecule has 5 heteroatoms. The van der Waals surface area contributed by atoms with Gasteiger partial charge in [0, 0.05) is 12.4 Å². The van der Waals surface area contributed by atoms with Crippen molar-refractivity contribution < 1.29 is 9.53 Å². The van der Waals surface area contributed by atoms with Gasteiger partial charge in [0.15, 0.2) is 0 Å². The molecule has 1 aromatic heterocycles. The zero-order valence-electron chi connectivity index (χ0n) is 16.1. The zero-order chi connectivity index (χ0) is 19.8. The fourth-order valence-electron chi connectivity index (χ4n) is 2.78. The molecule has 0 amide bonds. The molecule has 0 saturated carbocycles. The monoisotopic (exact) mass is 373 g/mol. The summed E-state index contributed by atoms with van der Waals surface area (Å²) in [5.74, 6) is 0.278. The quantitative estimate of drug-likeness (QED) is 0.269. The molecular weight excluding hydrogens is 350 g/mol. The Labute approximate surface area is 165 Å². The molecular formula is C23H23N3O2. The van der Waals surface area contributed by atoms with Crippen LogP contribution in [0.3, 0.4) is 0 Å². The molecule has 0 saturated heterocycles. The van der Waals surface area contributed by atoms with E-state index in [2.05, 4.69) is 15.2 Å². The Morgan fingerprint density at radius 1 is 0.821 bits per heavy atom. The lowest BCUT2D eigenvalue weighted by atomic mass is 10.0. The number of azo groups is 1. The van der Waals surface area contributed by atoms with Crippen LogP contribution in [0.2, 0.25) is 0 Å². The van der Waals surface area contributed by atoms with Gasteiger partial charge in [-0.05, 0) is 72.5 Å². The highest BCUT2D eigenvalue weighted by molar-refractivity contribution is 5.75. The minimum atomic E-state index is -0.186. The molecule has 3 aromatic rings. The molecule has 1 heterocycles. The predicted molar refractivity (Wildman–Crippen MR) is 110 cm³/mol. The van der Waals surface area contributed by atoms with E-state index in [1.54, 1.807) is 36.7 Å². The number of rotatable bonds is 7. The lowest BCUT2D eigenvalue weighted by molar-refractivity contribution is -0.139.